The molecule has 112 valence electrons. The van der Waals surface area contributed by atoms with Crippen molar-refractivity contribution >= 4 is 5.95 Å². The van der Waals surface area contributed by atoms with E-state index >= 15 is 0 Å². The van der Waals surface area contributed by atoms with Crippen LogP contribution < -0.4 is 10.6 Å². The molecule has 1 aliphatic rings. The van der Waals surface area contributed by atoms with Crippen LogP contribution in [0.3, 0.4) is 0 Å². The molecule has 1 atom stereocenters. The minimum absolute atomic E-state index is 0.280. The summed E-state index contributed by atoms with van der Waals surface area (Å²) in [4.78, 5) is 6.87. The van der Waals surface area contributed by atoms with E-state index in [0.29, 0.717) is 5.92 Å². The largest absolute Gasteiger partial charge is 0.340 e. The molecule has 0 amide bonds. The number of piperidine rings is 1. The quantitative estimate of drug-likeness (QED) is 0.908. The summed E-state index contributed by atoms with van der Waals surface area (Å²) in [5, 5.41) is 7.41. The molecule has 1 saturated heterocycles. The first-order valence-electron chi connectivity index (χ1n) is 7.63. The number of hydrogen-bond acceptors (Lipinski definition) is 4. The second-order valence-corrected chi connectivity index (χ2v) is 6.03. The molecule has 5 heteroatoms. The number of H-pyrrole nitrogens is 1. The highest BCUT2D eigenvalue weighted by atomic mass is 15.4. The van der Waals surface area contributed by atoms with Crippen LogP contribution in [0, 0.1) is 12.8 Å². The predicted molar refractivity (Wildman–Crippen MR) is 85.1 cm³/mol. The zero-order valence-corrected chi connectivity index (χ0v) is 12.7. The van der Waals surface area contributed by atoms with Gasteiger partial charge in [0.1, 0.15) is 0 Å². The molecule has 0 aliphatic carbocycles. The minimum Gasteiger partial charge on any atom is -0.340 e. The van der Waals surface area contributed by atoms with Crippen molar-refractivity contribution < 1.29 is 0 Å². The van der Waals surface area contributed by atoms with E-state index in [4.69, 9.17) is 5.73 Å². The van der Waals surface area contributed by atoms with Crippen molar-refractivity contribution in [3.05, 3.63) is 29.8 Å². The lowest BCUT2D eigenvalue weighted by Crippen LogP contribution is -2.40. The predicted octanol–water partition coefficient (Wildman–Crippen LogP) is 2.34. The number of nitrogens with zero attached hydrogens (tertiary/aromatic N) is 3. The summed E-state index contributed by atoms with van der Waals surface area (Å²) in [5.74, 6) is 2.25. The summed E-state index contributed by atoms with van der Waals surface area (Å²) < 4.78 is 0. The van der Waals surface area contributed by atoms with Crippen molar-refractivity contribution in [1.29, 1.82) is 0 Å². The Morgan fingerprint density at radius 3 is 2.52 bits per heavy atom. The van der Waals surface area contributed by atoms with Gasteiger partial charge in [0.25, 0.3) is 0 Å². The lowest BCUT2D eigenvalue weighted by molar-refractivity contribution is 0.352. The van der Waals surface area contributed by atoms with E-state index in [2.05, 4.69) is 58.2 Å². The lowest BCUT2D eigenvalue weighted by Gasteiger charge is -2.32. The third-order valence-corrected chi connectivity index (χ3v) is 4.36. The monoisotopic (exact) mass is 285 g/mol. The van der Waals surface area contributed by atoms with Gasteiger partial charge in [0.05, 0.1) is 0 Å². The van der Waals surface area contributed by atoms with E-state index in [9.17, 15) is 0 Å². The fourth-order valence-electron chi connectivity index (χ4n) is 2.86. The molecule has 1 fully saturated rings. The van der Waals surface area contributed by atoms with Crippen molar-refractivity contribution in [2.75, 3.05) is 18.0 Å². The summed E-state index contributed by atoms with van der Waals surface area (Å²) in [6, 6.07) is 8.60. The van der Waals surface area contributed by atoms with Crippen LogP contribution in [0.25, 0.3) is 11.4 Å². The van der Waals surface area contributed by atoms with Crippen LogP contribution in [0.1, 0.15) is 25.3 Å². The van der Waals surface area contributed by atoms with Crippen molar-refractivity contribution in [2.24, 2.45) is 11.7 Å². The zero-order valence-electron chi connectivity index (χ0n) is 12.7. The van der Waals surface area contributed by atoms with Gasteiger partial charge < -0.3 is 10.6 Å². The van der Waals surface area contributed by atoms with E-state index in [1.807, 2.05) is 0 Å². The Kier molecular flexibility index (Phi) is 3.92. The average molecular weight is 285 g/mol. The molecule has 0 saturated carbocycles. The third-order valence-electron chi connectivity index (χ3n) is 4.36. The van der Waals surface area contributed by atoms with Gasteiger partial charge in [-0.05, 0) is 32.6 Å². The number of aromatic amines is 1. The number of nitrogens with one attached hydrogen (secondary N) is 1. The number of aromatic nitrogens is 3. The van der Waals surface area contributed by atoms with Crippen LogP contribution in [-0.4, -0.2) is 34.3 Å². The van der Waals surface area contributed by atoms with Crippen molar-refractivity contribution in [2.45, 2.75) is 32.7 Å². The second-order valence-electron chi connectivity index (χ2n) is 6.03. The Morgan fingerprint density at radius 2 is 1.90 bits per heavy atom. The SMILES string of the molecule is Cc1ccc(-c2nc(N3CCC(C(C)N)CC3)n[nH]2)cc1. The minimum atomic E-state index is 0.280. The van der Waals surface area contributed by atoms with E-state index in [-0.39, 0.29) is 6.04 Å². The molecule has 1 unspecified atom stereocenters. The van der Waals surface area contributed by atoms with Gasteiger partial charge in [-0.25, -0.2) is 0 Å². The zero-order chi connectivity index (χ0) is 14.8. The van der Waals surface area contributed by atoms with Crippen LogP contribution >= 0.6 is 0 Å². The van der Waals surface area contributed by atoms with E-state index < -0.39 is 0 Å². The molecule has 21 heavy (non-hydrogen) atoms. The second kappa shape index (κ2) is 5.85. The van der Waals surface area contributed by atoms with Gasteiger partial charge in [0.15, 0.2) is 5.82 Å². The number of rotatable bonds is 3. The topological polar surface area (TPSA) is 70.8 Å². The number of aryl methyl sites for hydroxylation is 1. The molecule has 0 radical (unpaired) electrons. The van der Waals surface area contributed by atoms with Crippen LogP contribution in [0.5, 0.6) is 0 Å². The van der Waals surface area contributed by atoms with Crippen LogP contribution in [0.15, 0.2) is 24.3 Å². The van der Waals surface area contributed by atoms with Gasteiger partial charge in [-0.3, -0.25) is 5.10 Å². The molecular weight excluding hydrogens is 262 g/mol. The first-order valence-corrected chi connectivity index (χ1v) is 7.63. The van der Waals surface area contributed by atoms with E-state index in [1.165, 1.54) is 5.56 Å². The van der Waals surface area contributed by atoms with Gasteiger partial charge in [0.2, 0.25) is 5.95 Å². The molecule has 1 aromatic carbocycles. The molecule has 5 nitrogen and oxygen atoms in total. The van der Waals surface area contributed by atoms with Crippen LogP contribution in [0.2, 0.25) is 0 Å². The Bertz CT molecular complexity index is 579. The Labute approximate surface area is 125 Å². The molecule has 1 aromatic heterocycles. The van der Waals surface area contributed by atoms with Crippen molar-refractivity contribution in [1.82, 2.24) is 15.2 Å². The van der Waals surface area contributed by atoms with Crippen LogP contribution in [0.4, 0.5) is 5.95 Å². The molecule has 3 N–H and O–H groups in total. The Balaban J connectivity index is 1.70. The van der Waals surface area contributed by atoms with E-state index in [1.54, 1.807) is 0 Å². The summed E-state index contributed by atoms with van der Waals surface area (Å²) in [6.07, 6.45) is 2.23. The number of nitrogens with two attached hydrogens (primary N) is 1. The van der Waals surface area contributed by atoms with Gasteiger partial charge in [-0.15, -0.1) is 5.10 Å². The molecule has 1 aliphatic heterocycles. The fourth-order valence-corrected chi connectivity index (χ4v) is 2.86. The standard InChI is InChI=1S/C16H23N5/c1-11-3-5-14(6-4-11)15-18-16(20-19-15)21-9-7-13(8-10-21)12(2)17/h3-6,12-13H,7-10,17H2,1-2H3,(H,18,19,20). The maximum Gasteiger partial charge on any atom is 0.245 e. The summed E-state index contributed by atoms with van der Waals surface area (Å²) in [7, 11) is 0. The Morgan fingerprint density at radius 1 is 1.24 bits per heavy atom. The molecule has 3 rings (SSSR count). The van der Waals surface area contributed by atoms with Gasteiger partial charge in [-0.1, -0.05) is 29.8 Å². The first-order chi connectivity index (χ1) is 10.1. The van der Waals surface area contributed by atoms with Gasteiger partial charge in [-0.2, -0.15) is 4.98 Å². The third kappa shape index (κ3) is 3.08. The molecule has 0 spiro atoms. The lowest BCUT2D eigenvalue weighted by atomic mass is 9.91. The molecule has 0 bridgehead atoms. The van der Waals surface area contributed by atoms with Gasteiger partial charge >= 0.3 is 0 Å². The number of hydrogen-bond donors (Lipinski definition) is 2. The summed E-state index contributed by atoms with van der Waals surface area (Å²) in [6.45, 7) is 6.15. The fraction of sp³-hybridized carbons (Fsp3) is 0.500. The van der Waals surface area contributed by atoms with Crippen molar-refractivity contribution in [3.8, 4) is 11.4 Å². The normalized spacial score (nSPS) is 18.0. The molecule has 2 aromatic rings. The van der Waals surface area contributed by atoms with Crippen molar-refractivity contribution in [3.63, 3.8) is 0 Å². The molecule has 2 heterocycles. The average Bonchev–Trinajstić information content (AvgIpc) is 2.98. The molecular formula is C16H23N5. The maximum absolute atomic E-state index is 5.99. The number of benzene rings is 1. The van der Waals surface area contributed by atoms with Gasteiger partial charge in [0, 0.05) is 24.7 Å². The van der Waals surface area contributed by atoms with E-state index in [0.717, 1.165) is 43.3 Å². The first kappa shape index (κ1) is 14.1. The summed E-state index contributed by atoms with van der Waals surface area (Å²) >= 11 is 0. The summed E-state index contributed by atoms with van der Waals surface area (Å²) in [5.41, 5.74) is 8.31. The number of anilines is 1. The highest BCUT2D eigenvalue weighted by molar-refractivity contribution is 5.56. The Hall–Kier alpha value is -1.88. The maximum atomic E-state index is 5.99. The van der Waals surface area contributed by atoms with Crippen LogP contribution in [-0.2, 0) is 0 Å². The highest BCUT2D eigenvalue weighted by Gasteiger charge is 2.24. The smallest absolute Gasteiger partial charge is 0.245 e. The highest BCUT2D eigenvalue weighted by Crippen LogP contribution is 2.24.